The van der Waals surface area contributed by atoms with Crippen molar-refractivity contribution >= 4 is 59.1 Å². The first kappa shape index (κ1) is 27.7. The number of nitrogens with one attached hydrogen (secondary N) is 1. The number of phenolic OH excluding ortho intramolecular Hbond substituents is 1. The molecule has 9 heteroatoms. The molecule has 0 aliphatic heterocycles. The summed E-state index contributed by atoms with van der Waals surface area (Å²) in [5.74, 6) is 2.13. The average molecular weight is 408 g/mol. The number of H-pyrrole nitrogens is 1. The summed E-state index contributed by atoms with van der Waals surface area (Å²) in [6.07, 6.45) is 4.91. The topological polar surface area (TPSA) is 93.2 Å². The maximum atomic E-state index is 10.0. The van der Waals surface area contributed by atoms with E-state index in [9.17, 15) is 5.11 Å². The number of aromatic amines is 1. The van der Waals surface area contributed by atoms with Crippen molar-refractivity contribution in [1.82, 2.24) is 20.6 Å². The number of rotatable bonds is 11. The summed E-state index contributed by atoms with van der Waals surface area (Å²) in [5, 5.41) is 24.4. The number of benzene rings is 1. The molecule has 0 saturated heterocycles. The van der Waals surface area contributed by atoms with Gasteiger partial charge in [0.15, 0.2) is 17.3 Å². The molecule has 146 valence electrons. The second-order valence-electron chi connectivity index (χ2n) is 6.99. The number of unbranched alkanes of at least 4 members (excludes halogenated alkanes) is 2. The molecule has 1 aromatic heterocycles. The van der Waals surface area contributed by atoms with E-state index in [2.05, 4.69) is 41.4 Å². The van der Waals surface area contributed by atoms with Crippen LogP contribution >= 0.6 is 0 Å². The summed E-state index contributed by atoms with van der Waals surface area (Å²) in [6.45, 7) is 9.37. The Balaban J connectivity index is 0.00000364. The minimum atomic E-state index is -0.0792. The molecule has 0 aliphatic rings. The van der Waals surface area contributed by atoms with E-state index in [-0.39, 0.29) is 70.3 Å². The Hall–Kier alpha value is -0.310. The fourth-order valence-electron chi connectivity index (χ4n) is 2.86. The van der Waals surface area contributed by atoms with Gasteiger partial charge in [-0.15, -0.1) is 10.2 Å². The number of aryl methyl sites for hydroxylation is 1. The molecule has 0 bridgehead atoms. The van der Waals surface area contributed by atoms with Crippen LogP contribution in [0.15, 0.2) is 12.1 Å². The van der Waals surface area contributed by atoms with Gasteiger partial charge in [0.1, 0.15) is 5.75 Å². The molecule has 2 radical (unpaired) electrons. The fourth-order valence-corrected chi connectivity index (χ4v) is 2.86. The van der Waals surface area contributed by atoms with Crippen LogP contribution in [0.5, 0.6) is 17.2 Å². The minimum absolute atomic E-state index is 0. The molecule has 0 amide bonds. The van der Waals surface area contributed by atoms with Crippen LogP contribution in [-0.4, -0.2) is 98.1 Å². The van der Waals surface area contributed by atoms with Crippen molar-refractivity contribution in [3.8, 4) is 17.2 Å². The number of nitrogens with zero attached hydrogens (tertiary/aromatic N) is 3. The summed E-state index contributed by atoms with van der Waals surface area (Å²) in [6, 6.07) is 3.52. The first-order valence-corrected chi connectivity index (χ1v) is 9.33. The zero-order valence-electron chi connectivity index (χ0n) is 18.2. The Morgan fingerprint density at radius 3 is 2.39 bits per heavy atom. The first-order valence-electron chi connectivity index (χ1n) is 9.33. The number of hydrogen-bond donors (Lipinski definition) is 2. The molecule has 0 aliphatic carbocycles. The number of hydrogen-bond acceptors (Lipinski definition) is 6. The van der Waals surface area contributed by atoms with E-state index in [1.807, 2.05) is 13.0 Å². The van der Waals surface area contributed by atoms with Crippen LogP contribution < -0.4 is 9.47 Å². The van der Waals surface area contributed by atoms with Gasteiger partial charge >= 0.3 is 0 Å². The molecule has 28 heavy (non-hydrogen) atoms. The number of aromatic hydroxyl groups is 1. The summed E-state index contributed by atoms with van der Waals surface area (Å²) in [7, 11) is 0. The molecule has 1 heterocycles. The van der Waals surface area contributed by atoms with Gasteiger partial charge in [-0.3, -0.25) is 0 Å². The van der Waals surface area contributed by atoms with E-state index < -0.39 is 0 Å². The van der Waals surface area contributed by atoms with Crippen LogP contribution in [0.1, 0.15) is 64.8 Å². The SMILES string of the molecule is CCOc1cc(CC)c(OCCCCCC(C)(C)c2nn[nH]n2)cc1O.[Na].[Na]. The van der Waals surface area contributed by atoms with Crippen LogP contribution in [0.2, 0.25) is 0 Å². The van der Waals surface area contributed by atoms with Crippen LogP contribution in [0.3, 0.4) is 0 Å². The largest absolute Gasteiger partial charge is 0.504 e. The van der Waals surface area contributed by atoms with Crippen LogP contribution in [0.25, 0.3) is 0 Å². The van der Waals surface area contributed by atoms with Gasteiger partial charge in [0.05, 0.1) is 13.2 Å². The monoisotopic (exact) mass is 408 g/mol. The van der Waals surface area contributed by atoms with Crippen molar-refractivity contribution < 1.29 is 14.6 Å². The van der Waals surface area contributed by atoms with Gasteiger partial charge in [-0.1, -0.05) is 38.8 Å². The van der Waals surface area contributed by atoms with E-state index in [4.69, 9.17) is 9.47 Å². The second kappa shape index (κ2) is 13.8. The molecule has 0 fully saturated rings. The summed E-state index contributed by atoms with van der Waals surface area (Å²) in [4.78, 5) is 0. The molecule has 2 N–H and O–H groups in total. The fraction of sp³-hybridized carbons (Fsp3) is 0.632. The third-order valence-corrected chi connectivity index (χ3v) is 4.48. The molecule has 2 rings (SSSR count). The summed E-state index contributed by atoms with van der Waals surface area (Å²) in [5.41, 5.74) is 0.967. The van der Waals surface area contributed by atoms with Gasteiger partial charge < -0.3 is 14.6 Å². The Labute approximate surface area is 211 Å². The van der Waals surface area contributed by atoms with Gasteiger partial charge in [0.2, 0.25) is 0 Å². The zero-order valence-corrected chi connectivity index (χ0v) is 22.2. The van der Waals surface area contributed by atoms with Crippen molar-refractivity contribution in [1.29, 1.82) is 0 Å². The third kappa shape index (κ3) is 8.20. The van der Waals surface area contributed by atoms with Crippen molar-refractivity contribution in [2.45, 2.75) is 65.2 Å². The molecule has 0 spiro atoms. The molecule has 1 aromatic carbocycles. The van der Waals surface area contributed by atoms with Crippen molar-refractivity contribution in [3.63, 3.8) is 0 Å². The standard InChI is InChI=1S/C19H30N4O3.2Na/c1-5-14-12-17(25-6-2)15(24)13-16(14)26-11-9-7-8-10-19(3,4)18-20-22-23-21-18;;/h12-13,24H,5-11H2,1-4H3,(H,20,21,22,23);;. The maximum absolute atomic E-state index is 10.0. The number of ether oxygens (including phenoxy) is 2. The predicted molar refractivity (Wildman–Crippen MR) is 111 cm³/mol. The van der Waals surface area contributed by atoms with Gasteiger partial charge in [-0.25, -0.2) is 0 Å². The van der Waals surface area contributed by atoms with Crippen molar-refractivity contribution in [2.75, 3.05) is 13.2 Å². The molecule has 2 aromatic rings. The van der Waals surface area contributed by atoms with Crippen molar-refractivity contribution in [2.24, 2.45) is 0 Å². The number of aromatic nitrogens is 4. The minimum Gasteiger partial charge on any atom is -0.504 e. The van der Waals surface area contributed by atoms with Crippen LogP contribution in [0, 0.1) is 0 Å². The molecule has 0 atom stereocenters. The van der Waals surface area contributed by atoms with E-state index in [1.54, 1.807) is 6.07 Å². The van der Waals surface area contributed by atoms with Gasteiger partial charge in [0.25, 0.3) is 0 Å². The van der Waals surface area contributed by atoms with Crippen molar-refractivity contribution in [3.05, 3.63) is 23.5 Å². The number of phenols is 1. The Morgan fingerprint density at radius 1 is 1.04 bits per heavy atom. The maximum Gasteiger partial charge on any atom is 0.180 e. The van der Waals surface area contributed by atoms with E-state index >= 15 is 0 Å². The molecular formula is C19H30N4Na2O3. The Kier molecular flexibility index (Phi) is 13.7. The predicted octanol–water partition coefficient (Wildman–Crippen LogP) is 3.02. The summed E-state index contributed by atoms with van der Waals surface area (Å²) >= 11 is 0. The average Bonchev–Trinajstić information content (AvgIpc) is 3.15. The third-order valence-electron chi connectivity index (χ3n) is 4.48. The van der Waals surface area contributed by atoms with Crippen LogP contribution in [0.4, 0.5) is 0 Å². The van der Waals surface area contributed by atoms with Gasteiger partial charge in [-0.2, -0.15) is 5.21 Å². The van der Waals surface area contributed by atoms with Crippen LogP contribution in [-0.2, 0) is 11.8 Å². The smallest absolute Gasteiger partial charge is 0.180 e. The number of tetrazole rings is 1. The van der Waals surface area contributed by atoms with E-state index in [1.165, 1.54) is 0 Å². The second-order valence-corrected chi connectivity index (χ2v) is 6.99. The Morgan fingerprint density at radius 2 is 1.79 bits per heavy atom. The molecule has 0 saturated carbocycles. The van der Waals surface area contributed by atoms with E-state index in [0.717, 1.165) is 49.2 Å². The molecular weight excluding hydrogens is 378 g/mol. The first-order chi connectivity index (χ1) is 12.5. The van der Waals surface area contributed by atoms with Gasteiger partial charge in [0, 0.05) is 70.6 Å². The normalized spacial score (nSPS) is 10.7. The quantitative estimate of drug-likeness (QED) is 0.439. The van der Waals surface area contributed by atoms with Gasteiger partial charge in [-0.05, 0) is 37.8 Å². The van der Waals surface area contributed by atoms with E-state index in [0.29, 0.717) is 19.0 Å². The zero-order chi connectivity index (χ0) is 19.0. The molecule has 0 unspecified atom stereocenters. The molecule has 7 nitrogen and oxygen atoms in total. The Bertz CT molecular complexity index is 682. The summed E-state index contributed by atoms with van der Waals surface area (Å²) < 4.78 is 11.3.